The van der Waals surface area contributed by atoms with Crippen LogP contribution in [0.2, 0.25) is 0 Å². The van der Waals surface area contributed by atoms with Crippen molar-refractivity contribution in [1.82, 2.24) is 9.97 Å². The molecule has 1 unspecified atom stereocenters. The maximum absolute atomic E-state index is 11.4. The molecule has 0 spiro atoms. The van der Waals surface area contributed by atoms with Crippen molar-refractivity contribution in [2.24, 2.45) is 0 Å². The lowest BCUT2D eigenvalue weighted by Gasteiger charge is -2.36. The van der Waals surface area contributed by atoms with Crippen molar-refractivity contribution < 1.29 is 30.1 Å². The molecule has 2 rings (SSSR count). The van der Waals surface area contributed by atoms with Crippen molar-refractivity contribution in [2.45, 2.75) is 18.4 Å². The first-order chi connectivity index (χ1) is 11.5. The maximum Gasteiger partial charge on any atom is 0.397 e. The second-order valence-electron chi connectivity index (χ2n) is 5.45. The van der Waals surface area contributed by atoms with Gasteiger partial charge in [0.05, 0.1) is 0 Å². The first-order valence-electron chi connectivity index (χ1n) is 6.94. The minimum atomic E-state index is -5.01. The Bertz CT molecular complexity index is 843. The summed E-state index contributed by atoms with van der Waals surface area (Å²) in [5, 5.41) is 0. The largest absolute Gasteiger partial charge is 0.397 e. The minimum absolute atomic E-state index is 0.403. The van der Waals surface area contributed by atoms with E-state index in [1.165, 1.54) is 31.7 Å². The zero-order valence-electron chi connectivity index (χ0n) is 13.0. The Balaban J connectivity index is 2.70. The van der Waals surface area contributed by atoms with Crippen LogP contribution < -0.4 is 0 Å². The smallest absolute Gasteiger partial charge is 0.285 e. The Morgan fingerprint density at radius 3 is 1.84 bits per heavy atom. The quantitative estimate of drug-likeness (QED) is 0.660. The lowest BCUT2D eigenvalue weighted by molar-refractivity contribution is 0.142. The molecule has 136 valence electrons. The van der Waals surface area contributed by atoms with Gasteiger partial charge in [-0.15, -0.1) is 0 Å². The average Bonchev–Trinajstić information content (AvgIpc) is 2.52. The molecule has 0 bridgehead atoms. The molecule has 0 amide bonds. The van der Waals surface area contributed by atoms with Gasteiger partial charge in [0.1, 0.15) is 11.9 Å². The molecule has 25 heavy (non-hydrogen) atoms. The van der Waals surface area contributed by atoms with Gasteiger partial charge in [0.2, 0.25) is 0 Å². The van der Waals surface area contributed by atoms with Gasteiger partial charge in [-0.25, -0.2) is 4.18 Å². The first-order valence-corrected chi connectivity index (χ1v) is 9.91. The Labute approximate surface area is 145 Å². The van der Waals surface area contributed by atoms with Gasteiger partial charge in [-0.2, -0.15) is 16.8 Å². The maximum atomic E-state index is 11.4. The highest BCUT2D eigenvalue weighted by Crippen LogP contribution is 2.37. The summed E-state index contributed by atoms with van der Waals surface area (Å²) in [5.74, 6) is -1.08. The zero-order valence-corrected chi connectivity index (χ0v) is 14.7. The Morgan fingerprint density at radius 2 is 1.52 bits per heavy atom. The van der Waals surface area contributed by atoms with E-state index in [1.807, 2.05) is 0 Å². The van der Waals surface area contributed by atoms with Crippen molar-refractivity contribution in [2.75, 3.05) is 5.75 Å². The van der Waals surface area contributed by atoms with Crippen LogP contribution in [0.4, 0.5) is 0 Å². The van der Waals surface area contributed by atoms with Crippen molar-refractivity contribution in [3.63, 3.8) is 0 Å². The minimum Gasteiger partial charge on any atom is -0.285 e. The standard InChI is InChI=1S/C14H16N2O7S2/c1-14(11-4-2-6-15-8-11,12-5-3-7-16-9-12)13(10-24(17,18)19)23-25(20,21)22/h2-9,13H,10H2,1H3,(H,17,18,19)(H,20,21,22). The van der Waals surface area contributed by atoms with E-state index in [0.29, 0.717) is 11.1 Å². The molecule has 0 radical (unpaired) electrons. The van der Waals surface area contributed by atoms with E-state index in [0.717, 1.165) is 0 Å². The molecule has 2 heterocycles. The number of nitrogens with zero attached hydrogens (tertiary/aromatic N) is 2. The molecule has 9 nitrogen and oxygen atoms in total. The fourth-order valence-electron chi connectivity index (χ4n) is 2.51. The Morgan fingerprint density at radius 1 is 1.04 bits per heavy atom. The number of hydrogen-bond donors (Lipinski definition) is 2. The van der Waals surface area contributed by atoms with Crippen molar-refractivity contribution >= 4 is 20.5 Å². The third-order valence-electron chi connectivity index (χ3n) is 3.77. The predicted octanol–water partition coefficient (Wildman–Crippen LogP) is 0.858. The second kappa shape index (κ2) is 7.14. The van der Waals surface area contributed by atoms with Gasteiger partial charge in [-0.1, -0.05) is 12.1 Å². The van der Waals surface area contributed by atoms with Gasteiger partial charge in [-0.05, 0) is 30.2 Å². The van der Waals surface area contributed by atoms with Crippen LogP contribution in [0.25, 0.3) is 0 Å². The highest BCUT2D eigenvalue weighted by atomic mass is 32.3. The van der Waals surface area contributed by atoms with E-state index in [4.69, 9.17) is 4.55 Å². The van der Waals surface area contributed by atoms with E-state index >= 15 is 0 Å². The van der Waals surface area contributed by atoms with Crippen LogP contribution in [0, 0.1) is 0 Å². The molecule has 0 aromatic carbocycles. The fraction of sp³-hybridized carbons (Fsp3) is 0.286. The molecule has 11 heteroatoms. The number of hydrogen-bond acceptors (Lipinski definition) is 7. The van der Waals surface area contributed by atoms with Crippen molar-refractivity contribution in [1.29, 1.82) is 0 Å². The summed E-state index contributed by atoms with van der Waals surface area (Å²) in [6.45, 7) is 1.50. The van der Waals surface area contributed by atoms with Gasteiger partial charge >= 0.3 is 10.4 Å². The SMILES string of the molecule is CC(c1cccnc1)(c1cccnc1)C(CS(=O)(=O)O)OS(=O)(=O)O. The molecular weight excluding hydrogens is 372 g/mol. The summed E-state index contributed by atoms with van der Waals surface area (Å²) in [6.07, 6.45) is 4.09. The Hall–Kier alpha value is -1.92. The van der Waals surface area contributed by atoms with Crippen LogP contribution in [-0.2, 0) is 30.1 Å². The highest BCUT2D eigenvalue weighted by Gasteiger charge is 2.43. The van der Waals surface area contributed by atoms with Crippen LogP contribution in [0.3, 0.4) is 0 Å². The first kappa shape index (κ1) is 19.4. The second-order valence-corrected chi connectivity index (χ2v) is 7.99. The van der Waals surface area contributed by atoms with Gasteiger partial charge in [0.15, 0.2) is 0 Å². The monoisotopic (exact) mass is 388 g/mol. The molecule has 0 aliphatic heterocycles. The van der Waals surface area contributed by atoms with Crippen molar-refractivity contribution in [3.8, 4) is 0 Å². The van der Waals surface area contributed by atoms with E-state index in [2.05, 4.69) is 14.2 Å². The molecule has 0 aliphatic carbocycles. The number of pyridine rings is 2. The highest BCUT2D eigenvalue weighted by molar-refractivity contribution is 7.85. The lowest BCUT2D eigenvalue weighted by Crippen LogP contribution is -2.45. The van der Waals surface area contributed by atoms with Crippen LogP contribution in [0.5, 0.6) is 0 Å². The normalized spacial score (nSPS) is 14.2. The van der Waals surface area contributed by atoms with Crippen molar-refractivity contribution in [3.05, 3.63) is 60.2 Å². The van der Waals surface area contributed by atoms with Gasteiger partial charge in [0.25, 0.3) is 10.1 Å². The third-order valence-corrected chi connectivity index (χ3v) is 4.97. The topological polar surface area (TPSA) is 144 Å². The predicted molar refractivity (Wildman–Crippen MR) is 87.8 cm³/mol. The molecule has 1 atom stereocenters. The zero-order chi connectivity index (χ0) is 18.7. The molecule has 2 aromatic rings. The average molecular weight is 388 g/mol. The summed E-state index contributed by atoms with van der Waals surface area (Å²) in [5.41, 5.74) is -0.602. The van der Waals surface area contributed by atoms with E-state index in [-0.39, 0.29) is 0 Å². The molecule has 0 saturated carbocycles. The molecule has 0 fully saturated rings. The molecule has 2 N–H and O–H groups in total. The molecule has 2 aromatic heterocycles. The van der Waals surface area contributed by atoms with Crippen LogP contribution in [0.15, 0.2) is 49.1 Å². The number of rotatable bonds is 7. The van der Waals surface area contributed by atoms with Gasteiger partial charge in [-0.3, -0.25) is 19.1 Å². The summed E-state index contributed by atoms with van der Waals surface area (Å²) >= 11 is 0. The third kappa shape index (κ3) is 5.03. The van der Waals surface area contributed by atoms with E-state index in [9.17, 15) is 21.4 Å². The van der Waals surface area contributed by atoms with Gasteiger partial charge in [0, 0.05) is 30.2 Å². The lowest BCUT2D eigenvalue weighted by atomic mass is 9.73. The summed E-state index contributed by atoms with van der Waals surface area (Å²) in [6, 6.07) is 6.32. The molecular formula is C14H16N2O7S2. The number of aromatic nitrogens is 2. The van der Waals surface area contributed by atoms with Crippen LogP contribution >= 0.6 is 0 Å². The summed E-state index contributed by atoms with van der Waals surface area (Å²) in [4.78, 5) is 7.90. The van der Waals surface area contributed by atoms with E-state index in [1.54, 1.807) is 24.3 Å². The van der Waals surface area contributed by atoms with Crippen LogP contribution in [0.1, 0.15) is 18.1 Å². The van der Waals surface area contributed by atoms with E-state index < -0.39 is 37.8 Å². The molecule has 0 aliphatic rings. The van der Waals surface area contributed by atoms with Crippen LogP contribution in [-0.4, -0.2) is 47.8 Å². The Kier molecular flexibility index (Phi) is 5.54. The summed E-state index contributed by atoms with van der Waals surface area (Å²) < 4.78 is 68.3. The molecule has 0 saturated heterocycles. The summed E-state index contributed by atoms with van der Waals surface area (Å²) in [7, 11) is -9.65. The fourth-order valence-corrected chi connectivity index (χ4v) is 3.93. The van der Waals surface area contributed by atoms with Gasteiger partial charge < -0.3 is 0 Å².